The number of rotatable bonds is 2. The molecule has 0 aliphatic carbocycles. The van der Waals surface area contributed by atoms with E-state index in [0.717, 1.165) is 0 Å². The Bertz CT molecular complexity index is 727. The lowest BCUT2D eigenvalue weighted by atomic mass is 10.2. The molecule has 0 saturated carbocycles. The van der Waals surface area contributed by atoms with Crippen LogP contribution in [0.1, 0.15) is 5.56 Å². The van der Waals surface area contributed by atoms with Crippen molar-refractivity contribution in [2.75, 3.05) is 10.6 Å². The number of phenols is 1. The molecule has 7 heteroatoms. The summed E-state index contributed by atoms with van der Waals surface area (Å²) in [6.45, 7) is 1.69. The third kappa shape index (κ3) is 3.69. The molecule has 22 heavy (non-hydrogen) atoms. The molecule has 0 fully saturated rings. The highest BCUT2D eigenvalue weighted by Crippen LogP contribution is 2.29. The number of hydrogen-bond acceptors (Lipinski definition) is 3. The molecular weight excluding hydrogens is 327 g/mol. The highest BCUT2D eigenvalue weighted by molar-refractivity contribution is 6.46. The van der Waals surface area contributed by atoms with Gasteiger partial charge in [-0.05, 0) is 42.8 Å². The van der Waals surface area contributed by atoms with Crippen molar-refractivity contribution in [1.29, 1.82) is 0 Å². The molecule has 2 rings (SSSR count). The first-order valence-electron chi connectivity index (χ1n) is 6.24. The summed E-state index contributed by atoms with van der Waals surface area (Å²) < 4.78 is 0. The van der Waals surface area contributed by atoms with Crippen molar-refractivity contribution in [3.63, 3.8) is 0 Å². The van der Waals surface area contributed by atoms with E-state index in [1.54, 1.807) is 25.1 Å². The largest absolute Gasteiger partial charge is 0.508 e. The molecule has 114 valence electrons. The number of nitrogens with one attached hydrogen (secondary N) is 2. The van der Waals surface area contributed by atoms with Crippen molar-refractivity contribution in [2.45, 2.75) is 6.92 Å². The molecule has 0 saturated heterocycles. The first-order valence-corrected chi connectivity index (χ1v) is 7.00. The first-order chi connectivity index (χ1) is 10.4. The summed E-state index contributed by atoms with van der Waals surface area (Å²) in [4.78, 5) is 23.8. The summed E-state index contributed by atoms with van der Waals surface area (Å²) in [5.41, 5.74) is 1.22. The quantitative estimate of drug-likeness (QED) is 0.578. The average Bonchev–Trinajstić information content (AvgIpc) is 2.45. The summed E-state index contributed by atoms with van der Waals surface area (Å²) in [6, 6.07) is 9.10. The van der Waals surface area contributed by atoms with E-state index in [0.29, 0.717) is 11.3 Å². The summed E-state index contributed by atoms with van der Waals surface area (Å²) in [5, 5.41) is 14.6. The maximum absolute atomic E-state index is 11.9. The lowest BCUT2D eigenvalue weighted by Gasteiger charge is -2.10. The molecular formula is C15H12Cl2N2O3. The fraction of sp³-hybridized carbons (Fsp3) is 0.0667. The number of aryl methyl sites for hydroxylation is 1. The third-order valence-electron chi connectivity index (χ3n) is 2.87. The Morgan fingerprint density at radius 1 is 1.00 bits per heavy atom. The zero-order valence-corrected chi connectivity index (χ0v) is 13.0. The number of hydrogen-bond donors (Lipinski definition) is 3. The number of para-hydroxylation sites is 1. The van der Waals surface area contributed by atoms with E-state index >= 15 is 0 Å². The Morgan fingerprint density at radius 2 is 1.59 bits per heavy atom. The zero-order chi connectivity index (χ0) is 16.3. The van der Waals surface area contributed by atoms with Crippen LogP contribution < -0.4 is 10.6 Å². The number of benzene rings is 2. The van der Waals surface area contributed by atoms with Gasteiger partial charge in [-0.15, -0.1) is 0 Å². The van der Waals surface area contributed by atoms with Gasteiger partial charge in [-0.25, -0.2) is 0 Å². The molecule has 2 aromatic carbocycles. The van der Waals surface area contributed by atoms with E-state index in [1.807, 2.05) is 0 Å². The average molecular weight is 339 g/mol. The topological polar surface area (TPSA) is 78.4 Å². The van der Waals surface area contributed by atoms with Gasteiger partial charge in [0.1, 0.15) is 5.75 Å². The standard InChI is InChI=1S/C15H12Cl2N2O3/c1-8-7-9(20)5-6-12(8)18-14(21)15(22)19-13-10(16)3-2-4-11(13)17/h2-7,20H,1H3,(H,18,21)(H,19,22). The molecule has 0 spiro atoms. The minimum atomic E-state index is -0.900. The molecule has 5 nitrogen and oxygen atoms in total. The van der Waals surface area contributed by atoms with Gasteiger partial charge in [-0.2, -0.15) is 0 Å². The van der Waals surface area contributed by atoms with Gasteiger partial charge in [0.25, 0.3) is 0 Å². The van der Waals surface area contributed by atoms with Gasteiger partial charge in [0.05, 0.1) is 15.7 Å². The minimum Gasteiger partial charge on any atom is -0.508 e. The predicted octanol–water partition coefficient (Wildman–Crippen LogP) is 3.58. The van der Waals surface area contributed by atoms with Crippen molar-refractivity contribution in [2.24, 2.45) is 0 Å². The van der Waals surface area contributed by atoms with E-state index in [9.17, 15) is 14.7 Å². The molecule has 0 aliphatic rings. The molecule has 0 atom stereocenters. The summed E-state index contributed by atoms with van der Waals surface area (Å²) in [5.74, 6) is -1.70. The second-order valence-corrected chi connectivity index (χ2v) is 5.32. The van der Waals surface area contributed by atoms with Crippen LogP contribution in [-0.2, 0) is 9.59 Å². The van der Waals surface area contributed by atoms with Crippen molar-refractivity contribution in [3.05, 3.63) is 52.0 Å². The lowest BCUT2D eigenvalue weighted by molar-refractivity contribution is -0.133. The maximum atomic E-state index is 11.9. The summed E-state index contributed by atoms with van der Waals surface area (Å²) >= 11 is 11.8. The smallest absolute Gasteiger partial charge is 0.314 e. The predicted molar refractivity (Wildman–Crippen MR) is 86.6 cm³/mol. The van der Waals surface area contributed by atoms with Gasteiger partial charge >= 0.3 is 11.8 Å². The van der Waals surface area contributed by atoms with Gasteiger partial charge in [-0.1, -0.05) is 29.3 Å². The molecule has 0 aromatic heterocycles. The van der Waals surface area contributed by atoms with Crippen molar-refractivity contribution in [1.82, 2.24) is 0 Å². The number of aromatic hydroxyl groups is 1. The van der Waals surface area contributed by atoms with Crippen LogP contribution in [0.25, 0.3) is 0 Å². The minimum absolute atomic E-state index is 0.0720. The number of carbonyl (C=O) groups is 2. The Labute approximate surface area is 136 Å². The van der Waals surface area contributed by atoms with E-state index in [-0.39, 0.29) is 21.5 Å². The van der Waals surface area contributed by atoms with Gasteiger partial charge in [0, 0.05) is 5.69 Å². The Morgan fingerprint density at radius 3 is 2.18 bits per heavy atom. The van der Waals surface area contributed by atoms with E-state index in [2.05, 4.69) is 10.6 Å². The van der Waals surface area contributed by atoms with Gasteiger partial charge in [0.2, 0.25) is 0 Å². The first kappa shape index (κ1) is 16.1. The summed E-state index contributed by atoms with van der Waals surface area (Å²) in [6.07, 6.45) is 0. The van der Waals surface area contributed by atoms with Crippen molar-refractivity contribution < 1.29 is 14.7 Å². The Kier molecular flexibility index (Phi) is 4.90. The number of carbonyl (C=O) groups excluding carboxylic acids is 2. The van der Waals surface area contributed by atoms with Crippen LogP contribution in [0.5, 0.6) is 5.75 Å². The zero-order valence-electron chi connectivity index (χ0n) is 11.5. The molecule has 2 amide bonds. The second-order valence-electron chi connectivity index (χ2n) is 4.50. The molecule has 0 heterocycles. The fourth-order valence-electron chi connectivity index (χ4n) is 1.75. The number of anilines is 2. The van der Waals surface area contributed by atoms with Crippen LogP contribution in [0.15, 0.2) is 36.4 Å². The van der Waals surface area contributed by atoms with Gasteiger partial charge < -0.3 is 15.7 Å². The highest BCUT2D eigenvalue weighted by Gasteiger charge is 2.17. The lowest BCUT2D eigenvalue weighted by Crippen LogP contribution is -2.29. The molecule has 0 radical (unpaired) electrons. The molecule has 3 N–H and O–H groups in total. The van der Waals surface area contributed by atoms with Crippen LogP contribution in [0.2, 0.25) is 10.0 Å². The Hall–Kier alpha value is -2.24. The van der Waals surface area contributed by atoms with E-state index < -0.39 is 11.8 Å². The molecule has 0 bridgehead atoms. The molecule has 2 aromatic rings. The third-order valence-corrected chi connectivity index (χ3v) is 3.50. The van der Waals surface area contributed by atoms with Crippen LogP contribution in [0.3, 0.4) is 0 Å². The van der Waals surface area contributed by atoms with Crippen molar-refractivity contribution >= 4 is 46.4 Å². The Balaban J connectivity index is 2.11. The normalized spacial score (nSPS) is 10.1. The van der Waals surface area contributed by atoms with Crippen LogP contribution >= 0.6 is 23.2 Å². The van der Waals surface area contributed by atoms with Gasteiger partial charge in [0.15, 0.2) is 0 Å². The summed E-state index contributed by atoms with van der Waals surface area (Å²) in [7, 11) is 0. The number of amides is 2. The van der Waals surface area contributed by atoms with Crippen LogP contribution in [0.4, 0.5) is 11.4 Å². The second kappa shape index (κ2) is 6.68. The van der Waals surface area contributed by atoms with Crippen molar-refractivity contribution in [3.8, 4) is 5.75 Å². The monoisotopic (exact) mass is 338 g/mol. The van der Waals surface area contributed by atoms with Crippen LogP contribution in [0, 0.1) is 6.92 Å². The molecule has 0 aliphatic heterocycles. The van der Waals surface area contributed by atoms with E-state index in [4.69, 9.17) is 23.2 Å². The number of halogens is 2. The molecule has 0 unspecified atom stereocenters. The highest BCUT2D eigenvalue weighted by atomic mass is 35.5. The van der Waals surface area contributed by atoms with Crippen LogP contribution in [-0.4, -0.2) is 16.9 Å². The number of phenolic OH excluding ortho intramolecular Hbond substituents is 1. The van der Waals surface area contributed by atoms with E-state index in [1.165, 1.54) is 18.2 Å². The fourth-order valence-corrected chi connectivity index (χ4v) is 2.25. The SMILES string of the molecule is Cc1cc(O)ccc1NC(=O)C(=O)Nc1c(Cl)cccc1Cl. The van der Waals surface area contributed by atoms with Gasteiger partial charge in [-0.3, -0.25) is 9.59 Å². The maximum Gasteiger partial charge on any atom is 0.314 e.